The minimum atomic E-state index is 0. The maximum atomic E-state index is 6.24. The Morgan fingerprint density at radius 2 is 1.82 bits per heavy atom. The Kier molecular flexibility index (Phi) is 5.30. The Morgan fingerprint density at radius 1 is 0.964 bits per heavy atom. The van der Waals surface area contributed by atoms with Gasteiger partial charge in [0.2, 0.25) is 0 Å². The summed E-state index contributed by atoms with van der Waals surface area (Å²) in [6, 6.07) is 16.6. The molecular weight excluding hydrogens is 415 g/mol. The number of benzene rings is 2. The van der Waals surface area contributed by atoms with E-state index in [4.69, 9.17) is 23.2 Å². The zero-order chi connectivity index (χ0) is 18.4. The van der Waals surface area contributed by atoms with E-state index in [9.17, 15) is 0 Å². The first-order chi connectivity index (χ1) is 13.2. The molecule has 1 N–H and O–H groups in total. The third-order valence-electron chi connectivity index (χ3n) is 5.14. The average Bonchev–Trinajstić information content (AvgIpc) is 3.17. The average molecular weight is 432 g/mol. The molecule has 0 aliphatic carbocycles. The summed E-state index contributed by atoms with van der Waals surface area (Å²) in [6.45, 7) is 1.74. The van der Waals surface area contributed by atoms with Crippen LogP contribution in [0.3, 0.4) is 0 Å². The van der Waals surface area contributed by atoms with E-state index in [0.29, 0.717) is 10.0 Å². The second-order valence-corrected chi connectivity index (χ2v) is 7.57. The smallest absolute Gasteiger partial charge is 0.155 e. The summed E-state index contributed by atoms with van der Waals surface area (Å²) in [4.78, 5) is 4.20. The molecule has 0 radical (unpaired) electrons. The number of nitrogens with one attached hydrogen (secondary N) is 1. The van der Waals surface area contributed by atoms with E-state index in [2.05, 4.69) is 45.7 Å². The van der Waals surface area contributed by atoms with Gasteiger partial charge >= 0.3 is 0 Å². The summed E-state index contributed by atoms with van der Waals surface area (Å²) in [7, 11) is 0. The Morgan fingerprint density at radius 3 is 2.68 bits per heavy atom. The highest BCUT2D eigenvalue weighted by Gasteiger charge is 2.22. The SMILES string of the molecule is Cl.Clc1ccc(C2CNCc3cc(-c4ccc5ncnn5c4)ccc32)cc1Cl. The normalized spacial score (nSPS) is 15.9. The van der Waals surface area contributed by atoms with E-state index in [-0.39, 0.29) is 18.3 Å². The lowest BCUT2D eigenvalue weighted by Gasteiger charge is -2.27. The highest BCUT2D eigenvalue weighted by molar-refractivity contribution is 6.42. The molecule has 142 valence electrons. The maximum absolute atomic E-state index is 6.24. The monoisotopic (exact) mass is 430 g/mol. The Bertz CT molecular complexity index is 1160. The van der Waals surface area contributed by atoms with Gasteiger partial charge in [-0.1, -0.05) is 41.4 Å². The highest BCUT2D eigenvalue weighted by atomic mass is 35.5. The molecule has 3 heterocycles. The van der Waals surface area contributed by atoms with Crippen LogP contribution in [-0.2, 0) is 6.54 Å². The number of pyridine rings is 1. The second kappa shape index (κ2) is 7.72. The first-order valence-corrected chi connectivity index (χ1v) is 9.53. The molecule has 1 aliphatic heterocycles. The summed E-state index contributed by atoms with van der Waals surface area (Å²) in [6.07, 6.45) is 3.58. The molecule has 0 bridgehead atoms. The molecule has 7 heteroatoms. The topological polar surface area (TPSA) is 42.2 Å². The number of hydrogen-bond acceptors (Lipinski definition) is 3. The van der Waals surface area contributed by atoms with Gasteiger partial charge in [-0.2, -0.15) is 5.10 Å². The van der Waals surface area contributed by atoms with Crippen molar-refractivity contribution in [2.45, 2.75) is 12.5 Å². The van der Waals surface area contributed by atoms with Crippen LogP contribution in [0.5, 0.6) is 0 Å². The van der Waals surface area contributed by atoms with E-state index in [1.165, 1.54) is 22.3 Å². The molecule has 28 heavy (non-hydrogen) atoms. The second-order valence-electron chi connectivity index (χ2n) is 6.75. The first-order valence-electron chi connectivity index (χ1n) is 8.77. The highest BCUT2D eigenvalue weighted by Crippen LogP contribution is 2.35. The van der Waals surface area contributed by atoms with Crippen molar-refractivity contribution in [1.82, 2.24) is 19.9 Å². The predicted octanol–water partition coefficient (Wildman–Crippen LogP) is 5.36. The van der Waals surface area contributed by atoms with Crippen molar-refractivity contribution < 1.29 is 0 Å². The van der Waals surface area contributed by atoms with Crippen LogP contribution in [0.2, 0.25) is 10.0 Å². The van der Waals surface area contributed by atoms with E-state index < -0.39 is 0 Å². The summed E-state index contributed by atoms with van der Waals surface area (Å²) in [5.41, 5.74) is 6.94. The predicted molar refractivity (Wildman–Crippen MR) is 116 cm³/mol. The van der Waals surface area contributed by atoms with Gasteiger partial charge in [-0.25, -0.2) is 9.50 Å². The van der Waals surface area contributed by atoms with Crippen molar-refractivity contribution in [3.63, 3.8) is 0 Å². The molecular formula is C21H17Cl3N4. The fraction of sp³-hybridized carbons (Fsp3) is 0.143. The number of rotatable bonds is 2. The van der Waals surface area contributed by atoms with Crippen LogP contribution in [-0.4, -0.2) is 21.1 Å². The van der Waals surface area contributed by atoms with Gasteiger partial charge < -0.3 is 5.32 Å². The fourth-order valence-corrected chi connectivity index (χ4v) is 4.06. The maximum Gasteiger partial charge on any atom is 0.155 e. The van der Waals surface area contributed by atoms with E-state index in [1.54, 1.807) is 10.8 Å². The third-order valence-corrected chi connectivity index (χ3v) is 5.87. The molecule has 0 saturated carbocycles. The standard InChI is InChI=1S/C21H16Cl2N4.ClH/c22-19-5-2-14(8-20(19)23)18-10-24-9-16-7-13(1-4-17(16)18)15-3-6-21-25-12-26-27(21)11-15;/h1-8,11-12,18,24H,9-10H2;1H. The Hall–Kier alpha value is -2.11. The zero-order valence-electron chi connectivity index (χ0n) is 14.8. The van der Waals surface area contributed by atoms with Crippen molar-refractivity contribution >= 4 is 41.3 Å². The number of fused-ring (bicyclic) bond motifs is 2. The number of nitrogens with zero attached hydrogens (tertiary/aromatic N) is 3. The summed E-state index contributed by atoms with van der Waals surface area (Å²) in [5.74, 6) is 0.260. The van der Waals surface area contributed by atoms with Gasteiger partial charge in [-0.3, -0.25) is 0 Å². The lowest BCUT2D eigenvalue weighted by atomic mass is 9.84. The Labute approximate surface area is 178 Å². The van der Waals surface area contributed by atoms with Gasteiger partial charge in [-0.05, 0) is 52.6 Å². The quantitative estimate of drug-likeness (QED) is 0.464. The van der Waals surface area contributed by atoms with Crippen molar-refractivity contribution in [2.24, 2.45) is 0 Å². The molecule has 4 nitrogen and oxygen atoms in total. The summed E-state index contributed by atoms with van der Waals surface area (Å²) < 4.78 is 1.80. The van der Waals surface area contributed by atoms with Gasteiger partial charge in [-0.15, -0.1) is 12.4 Å². The van der Waals surface area contributed by atoms with Crippen LogP contribution in [0.25, 0.3) is 16.8 Å². The molecule has 0 saturated heterocycles. The lowest BCUT2D eigenvalue weighted by molar-refractivity contribution is 0.591. The number of hydrogen-bond donors (Lipinski definition) is 1. The van der Waals surface area contributed by atoms with Crippen molar-refractivity contribution in [3.8, 4) is 11.1 Å². The fourth-order valence-electron chi connectivity index (χ4n) is 3.75. The number of halogens is 3. The first kappa shape index (κ1) is 19.2. The van der Waals surface area contributed by atoms with Gasteiger partial charge in [0.05, 0.1) is 10.0 Å². The molecule has 1 unspecified atom stereocenters. The van der Waals surface area contributed by atoms with E-state index in [0.717, 1.165) is 24.3 Å². The summed E-state index contributed by atoms with van der Waals surface area (Å²) in [5, 5.41) is 8.94. The molecule has 5 rings (SSSR count). The van der Waals surface area contributed by atoms with Crippen LogP contribution in [0.15, 0.2) is 61.1 Å². The molecule has 0 amide bonds. The molecule has 0 fully saturated rings. The summed E-state index contributed by atoms with van der Waals surface area (Å²) >= 11 is 12.3. The van der Waals surface area contributed by atoms with Crippen LogP contribution >= 0.6 is 35.6 Å². The lowest BCUT2D eigenvalue weighted by Crippen LogP contribution is -2.28. The minimum absolute atomic E-state index is 0. The van der Waals surface area contributed by atoms with Crippen LogP contribution in [0.4, 0.5) is 0 Å². The molecule has 0 spiro atoms. The minimum Gasteiger partial charge on any atom is -0.312 e. The van der Waals surface area contributed by atoms with Crippen molar-refractivity contribution in [3.05, 3.63) is 87.8 Å². The molecule has 2 aromatic heterocycles. The molecule has 1 atom stereocenters. The Balaban J connectivity index is 0.00000192. The van der Waals surface area contributed by atoms with Gasteiger partial charge in [0.15, 0.2) is 5.65 Å². The van der Waals surface area contributed by atoms with E-state index in [1.807, 2.05) is 24.4 Å². The van der Waals surface area contributed by atoms with Crippen molar-refractivity contribution in [2.75, 3.05) is 6.54 Å². The van der Waals surface area contributed by atoms with Gasteiger partial charge in [0.25, 0.3) is 0 Å². The van der Waals surface area contributed by atoms with Gasteiger partial charge in [0, 0.05) is 30.8 Å². The zero-order valence-corrected chi connectivity index (χ0v) is 17.1. The van der Waals surface area contributed by atoms with Crippen LogP contribution in [0, 0.1) is 0 Å². The van der Waals surface area contributed by atoms with Gasteiger partial charge in [0.1, 0.15) is 6.33 Å². The van der Waals surface area contributed by atoms with Crippen molar-refractivity contribution in [1.29, 1.82) is 0 Å². The van der Waals surface area contributed by atoms with E-state index >= 15 is 0 Å². The van der Waals surface area contributed by atoms with Crippen LogP contribution < -0.4 is 5.32 Å². The molecule has 1 aliphatic rings. The third kappa shape index (κ3) is 3.38. The van der Waals surface area contributed by atoms with Crippen LogP contribution in [0.1, 0.15) is 22.6 Å². The molecule has 2 aromatic carbocycles. The largest absolute Gasteiger partial charge is 0.312 e. The number of aromatic nitrogens is 3. The molecule has 4 aromatic rings.